The van der Waals surface area contributed by atoms with Crippen molar-refractivity contribution in [3.05, 3.63) is 71.3 Å². The summed E-state index contributed by atoms with van der Waals surface area (Å²) in [5, 5.41) is 2.60. The fraction of sp³-hybridized carbons (Fsp3) is 0.333. The van der Waals surface area contributed by atoms with Gasteiger partial charge in [-0.15, -0.1) is 0 Å². The third-order valence-corrected chi connectivity index (χ3v) is 6.03. The van der Waals surface area contributed by atoms with E-state index in [2.05, 4.69) is 62.6 Å². The van der Waals surface area contributed by atoms with Crippen molar-refractivity contribution in [1.82, 2.24) is 0 Å². The molecule has 0 aliphatic carbocycles. The van der Waals surface area contributed by atoms with E-state index in [0.717, 1.165) is 35.4 Å². The Morgan fingerprint density at radius 3 is 2.39 bits per heavy atom. The van der Waals surface area contributed by atoms with Gasteiger partial charge in [0, 0.05) is 18.9 Å². The van der Waals surface area contributed by atoms with Crippen LogP contribution in [-0.2, 0) is 12.8 Å². The maximum absolute atomic E-state index is 5.80. The number of nitrogens with zero attached hydrogens (tertiary/aromatic N) is 1. The molecule has 1 aliphatic rings. The van der Waals surface area contributed by atoms with Gasteiger partial charge in [0.1, 0.15) is 17.5 Å². The summed E-state index contributed by atoms with van der Waals surface area (Å²) in [6.07, 6.45) is 2.04. The van der Waals surface area contributed by atoms with Crippen LogP contribution in [0.5, 0.6) is 11.5 Å². The maximum atomic E-state index is 5.80. The highest BCUT2D eigenvalue weighted by Crippen LogP contribution is 2.43. The number of fused-ring (bicyclic) bond motifs is 2. The third-order valence-electron chi connectivity index (χ3n) is 6.03. The van der Waals surface area contributed by atoms with Gasteiger partial charge >= 0.3 is 0 Å². The van der Waals surface area contributed by atoms with Crippen molar-refractivity contribution >= 4 is 10.8 Å². The van der Waals surface area contributed by atoms with Crippen LogP contribution in [0.25, 0.3) is 10.8 Å². The van der Waals surface area contributed by atoms with Crippen LogP contribution in [0.1, 0.15) is 22.7 Å². The number of halogens is 1. The molecule has 3 aromatic rings. The van der Waals surface area contributed by atoms with E-state index in [9.17, 15) is 0 Å². The molecule has 28 heavy (non-hydrogen) atoms. The first-order valence-corrected chi connectivity index (χ1v) is 9.57. The highest BCUT2D eigenvalue weighted by Gasteiger charge is 2.38. The predicted molar refractivity (Wildman–Crippen MR) is 111 cm³/mol. The molecule has 0 amide bonds. The largest absolute Gasteiger partial charge is 1.00 e. The van der Waals surface area contributed by atoms with Crippen molar-refractivity contribution in [1.29, 1.82) is 0 Å². The minimum absolute atomic E-state index is 0. The summed E-state index contributed by atoms with van der Waals surface area (Å²) < 4.78 is 12.2. The second-order valence-electron chi connectivity index (χ2n) is 8.06. The minimum atomic E-state index is 0. The average molecular weight is 489 g/mol. The molecule has 1 heterocycles. The van der Waals surface area contributed by atoms with Gasteiger partial charge in [0.25, 0.3) is 0 Å². The molecule has 1 aliphatic heterocycles. The normalized spacial score (nSPS) is 17.5. The van der Waals surface area contributed by atoms with Crippen LogP contribution >= 0.6 is 0 Å². The highest BCUT2D eigenvalue weighted by atomic mass is 127. The highest BCUT2D eigenvalue weighted by molar-refractivity contribution is 5.83. The van der Waals surface area contributed by atoms with Crippen molar-refractivity contribution < 1.29 is 37.9 Å². The SMILES string of the molecule is COc1cc2c(c(OC)c1)C(Cc1ccc3ccccc3c1)[N+](C)(C)CC2.[I-]. The van der Waals surface area contributed by atoms with E-state index >= 15 is 0 Å². The smallest absolute Gasteiger partial charge is 0.131 e. The van der Waals surface area contributed by atoms with E-state index in [4.69, 9.17) is 9.47 Å². The molecule has 148 valence electrons. The van der Waals surface area contributed by atoms with E-state index in [-0.39, 0.29) is 24.0 Å². The number of likely N-dealkylation sites (N-methyl/N-ethyl adjacent to an activating group) is 1. The van der Waals surface area contributed by atoms with E-state index < -0.39 is 0 Å². The van der Waals surface area contributed by atoms with Crippen LogP contribution in [0.2, 0.25) is 0 Å². The summed E-state index contributed by atoms with van der Waals surface area (Å²) >= 11 is 0. The Hall–Kier alpha value is -1.79. The van der Waals surface area contributed by atoms with Crippen molar-refractivity contribution in [3.8, 4) is 11.5 Å². The number of ether oxygens (including phenoxy) is 2. The second-order valence-corrected chi connectivity index (χ2v) is 8.06. The van der Waals surface area contributed by atoms with Crippen LogP contribution < -0.4 is 33.5 Å². The molecule has 0 saturated carbocycles. The van der Waals surface area contributed by atoms with Crippen LogP contribution in [-0.4, -0.2) is 39.3 Å². The number of hydrogen-bond donors (Lipinski definition) is 0. The molecular formula is C24H28INO2. The number of benzene rings is 3. The summed E-state index contributed by atoms with van der Waals surface area (Å²) in [4.78, 5) is 0. The molecule has 1 unspecified atom stereocenters. The van der Waals surface area contributed by atoms with Gasteiger partial charge in [-0.25, -0.2) is 0 Å². The minimum Gasteiger partial charge on any atom is -1.00 e. The summed E-state index contributed by atoms with van der Waals surface area (Å²) in [5.74, 6) is 1.82. The van der Waals surface area contributed by atoms with Gasteiger partial charge in [0.2, 0.25) is 0 Å². The van der Waals surface area contributed by atoms with Crippen molar-refractivity contribution in [2.45, 2.75) is 18.9 Å². The third kappa shape index (κ3) is 3.85. The molecule has 4 heteroatoms. The molecular weight excluding hydrogens is 461 g/mol. The summed E-state index contributed by atoms with van der Waals surface area (Å²) in [7, 11) is 8.14. The molecule has 0 N–H and O–H groups in total. The van der Waals surface area contributed by atoms with Crippen molar-refractivity contribution in [2.24, 2.45) is 0 Å². The van der Waals surface area contributed by atoms with Gasteiger partial charge in [0.15, 0.2) is 0 Å². The quantitative estimate of drug-likeness (QED) is 0.411. The molecule has 3 nitrogen and oxygen atoms in total. The predicted octanol–water partition coefficient (Wildman–Crippen LogP) is 1.78. The van der Waals surface area contributed by atoms with Crippen LogP contribution in [0.15, 0.2) is 54.6 Å². The van der Waals surface area contributed by atoms with Gasteiger partial charge < -0.3 is 37.9 Å². The maximum Gasteiger partial charge on any atom is 0.131 e. The van der Waals surface area contributed by atoms with Crippen LogP contribution in [0, 0.1) is 0 Å². The first kappa shape index (κ1) is 20.9. The molecule has 3 aromatic carbocycles. The Balaban J connectivity index is 0.00000225. The summed E-state index contributed by atoms with van der Waals surface area (Å²) in [5.41, 5.74) is 4.06. The number of hydrogen-bond acceptors (Lipinski definition) is 2. The van der Waals surface area contributed by atoms with Gasteiger partial charge in [-0.05, 0) is 28.0 Å². The lowest BCUT2D eigenvalue weighted by molar-refractivity contribution is -0.923. The molecule has 1 atom stereocenters. The number of quaternary nitrogens is 1. The van der Waals surface area contributed by atoms with Gasteiger partial charge in [-0.2, -0.15) is 0 Å². The van der Waals surface area contributed by atoms with Crippen LogP contribution in [0.3, 0.4) is 0 Å². The Labute approximate surface area is 184 Å². The molecule has 0 bridgehead atoms. The van der Waals surface area contributed by atoms with Crippen molar-refractivity contribution in [3.63, 3.8) is 0 Å². The molecule has 4 rings (SSSR count). The standard InChI is InChI=1S/C24H28NO2.HI/c1-25(2)12-11-20-15-21(26-3)16-23(27-4)24(20)22(25)14-17-9-10-18-7-5-6-8-19(18)13-17;/h5-10,13,15-16,22H,11-12,14H2,1-4H3;1H/q+1;/p-1. The van der Waals surface area contributed by atoms with Gasteiger partial charge in [0.05, 0.1) is 40.4 Å². The van der Waals surface area contributed by atoms with Crippen molar-refractivity contribution in [2.75, 3.05) is 34.9 Å². The summed E-state index contributed by atoms with van der Waals surface area (Å²) in [6, 6.07) is 20.0. The molecule has 0 radical (unpaired) electrons. The zero-order chi connectivity index (χ0) is 19.0. The first-order chi connectivity index (χ1) is 13.0. The number of methoxy groups -OCH3 is 2. The van der Waals surface area contributed by atoms with Crippen LogP contribution in [0.4, 0.5) is 0 Å². The van der Waals surface area contributed by atoms with Gasteiger partial charge in [-0.3, -0.25) is 0 Å². The molecule has 0 aromatic heterocycles. The summed E-state index contributed by atoms with van der Waals surface area (Å²) in [6.45, 7) is 1.11. The Bertz CT molecular complexity index is 966. The fourth-order valence-electron chi connectivity index (χ4n) is 4.38. The Morgan fingerprint density at radius 2 is 1.68 bits per heavy atom. The first-order valence-electron chi connectivity index (χ1n) is 9.57. The number of rotatable bonds is 4. The average Bonchev–Trinajstić information content (AvgIpc) is 2.69. The topological polar surface area (TPSA) is 18.5 Å². The zero-order valence-electron chi connectivity index (χ0n) is 17.0. The monoisotopic (exact) mass is 489 g/mol. The van der Waals surface area contributed by atoms with Gasteiger partial charge in [-0.1, -0.05) is 42.5 Å². The lowest BCUT2D eigenvalue weighted by Crippen LogP contribution is -3.00. The fourth-order valence-corrected chi connectivity index (χ4v) is 4.38. The lowest BCUT2D eigenvalue weighted by atomic mass is 9.86. The van der Waals surface area contributed by atoms with E-state index in [1.807, 2.05) is 6.07 Å². The van der Waals surface area contributed by atoms with E-state index in [1.54, 1.807) is 14.2 Å². The van der Waals surface area contributed by atoms with E-state index in [1.165, 1.54) is 27.5 Å². The Kier molecular flexibility index (Phi) is 6.20. The second kappa shape index (κ2) is 8.29. The zero-order valence-corrected chi connectivity index (χ0v) is 19.2. The molecule has 0 spiro atoms. The molecule has 0 fully saturated rings. The Morgan fingerprint density at radius 1 is 0.929 bits per heavy atom. The molecule has 0 saturated heterocycles. The van der Waals surface area contributed by atoms with E-state index in [0.29, 0.717) is 6.04 Å². The lowest BCUT2D eigenvalue weighted by Gasteiger charge is -2.43.